The summed E-state index contributed by atoms with van der Waals surface area (Å²) in [5.74, 6) is 0.503. The predicted molar refractivity (Wildman–Crippen MR) is 147 cm³/mol. The van der Waals surface area contributed by atoms with Crippen molar-refractivity contribution < 1.29 is 0 Å². The summed E-state index contributed by atoms with van der Waals surface area (Å²) in [6.07, 6.45) is 3.57. The van der Waals surface area contributed by atoms with Crippen LogP contribution in [-0.2, 0) is 6.54 Å². The van der Waals surface area contributed by atoms with Gasteiger partial charge in [-0.1, -0.05) is 61.2 Å². The van der Waals surface area contributed by atoms with Gasteiger partial charge in [-0.3, -0.25) is 0 Å². The Balaban J connectivity index is 1.58. The van der Waals surface area contributed by atoms with E-state index in [2.05, 4.69) is 60.2 Å². The zero-order valence-electron chi connectivity index (χ0n) is 20.1. The van der Waals surface area contributed by atoms with Gasteiger partial charge in [0.1, 0.15) is 5.82 Å². The molecular weight excluding hydrogens is 418 g/mol. The summed E-state index contributed by atoms with van der Waals surface area (Å²) >= 11 is 0. The molecule has 0 aliphatic carbocycles. The van der Waals surface area contributed by atoms with E-state index in [1.807, 2.05) is 54.6 Å². The molecule has 6 N–H and O–H groups in total. The fourth-order valence-electron chi connectivity index (χ4n) is 3.62. The first kappa shape index (κ1) is 24.5. The van der Waals surface area contributed by atoms with Crippen LogP contribution >= 0.6 is 0 Å². The number of rotatable bonds is 11. The Kier molecular flexibility index (Phi) is 8.81. The van der Waals surface area contributed by atoms with E-state index < -0.39 is 0 Å². The largest absolute Gasteiger partial charge is 0.398 e. The average Bonchev–Trinajstić information content (AvgIpc) is 2.88. The second-order valence-electron chi connectivity index (χ2n) is 7.99. The maximum Gasteiger partial charge on any atom is 0.101 e. The summed E-state index contributed by atoms with van der Waals surface area (Å²) in [6, 6.07) is 26.4. The van der Waals surface area contributed by atoms with Crippen LogP contribution in [-0.4, -0.2) is 13.1 Å². The molecule has 0 aliphatic rings. The van der Waals surface area contributed by atoms with Crippen molar-refractivity contribution >= 4 is 22.8 Å². The van der Waals surface area contributed by atoms with Crippen LogP contribution in [0.25, 0.3) is 11.4 Å². The highest BCUT2D eigenvalue weighted by Gasteiger charge is 2.04. The highest BCUT2D eigenvalue weighted by molar-refractivity contribution is 5.67. The van der Waals surface area contributed by atoms with Gasteiger partial charge in [-0.05, 0) is 67.0 Å². The number of nitrogens with one attached hydrogen (secondary N) is 2. The van der Waals surface area contributed by atoms with Crippen LogP contribution in [0, 0.1) is 0 Å². The van der Waals surface area contributed by atoms with E-state index in [0.29, 0.717) is 18.1 Å². The molecule has 3 rings (SSSR count). The van der Waals surface area contributed by atoms with Crippen molar-refractivity contribution in [1.82, 2.24) is 5.32 Å². The standard InChI is InChI=1S/C29H35N5/c1-4-34(5-2)27-16-14-23(15-17-27)21-32-22(3)25-12-9-13-26(20-25)33-29(31)19-18-28(30)24-10-7-6-8-11-24/h6-20,32-33H,3-5,21,30-31H2,1-2H3/b28-18-,29-19+. The highest BCUT2D eigenvalue weighted by Crippen LogP contribution is 2.19. The third-order valence-corrected chi connectivity index (χ3v) is 5.62. The van der Waals surface area contributed by atoms with Crippen LogP contribution in [0.1, 0.15) is 30.5 Å². The number of anilines is 2. The number of hydrogen-bond donors (Lipinski definition) is 4. The van der Waals surface area contributed by atoms with Gasteiger partial charge >= 0.3 is 0 Å². The van der Waals surface area contributed by atoms with Gasteiger partial charge in [0.2, 0.25) is 0 Å². The quantitative estimate of drug-likeness (QED) is 0.288. The number of benzene rings is 3. The molecule has 0 unspecified atom stereocenters. The molecule has 0 fully saturated rings. The molecule has 0 aliphatic heterocycles. The molecule has 5 heteroatoms. The Labute approximate surface area is 203 Å². The number of nitrogens with two attached hydrogens (primary N) is 2. The Bertz CT molecular complexity index is 1130. The molecule has 0 amide bonds. The third kappa shape index (κ3) is 6.94. The smallest absolute Gasteiger partial charge is 0.101 e. The Morgan fingerprint density at radius 1 is 0.853 bits per heavy atom. The lowest BCUT2D eigenvalue weighted by molar-refractivity contribution is 0.861. The van der Waals surface area contributed by atoms with E-state index in [4.69, 9.17) is 11.5 Å². The van der Waals surface area contributed by atoms with Crippen LogP contribution in [0.4, 0.5) is 11.4 Å². The van der Waals surface area contributed by atoms with Crippen LogP contribution in [0.2, 0.25) is 0 Å². The van der Waals surface area contributed by atoms with Crippen LogP contribution in [0.3, 0.4) is 0 Å². The van der Waals surface area contributed by atoms with Crippen molar-refractivity contribution in [2.24, 2.45) is 11.5 Å². The summed E-state index contributed by atoms with van der Waals surface area (Å²) in [6.45, 7) is 11.3. The lowest BCUT2D eigenvalue weighted by Crippen LogP contribution is -2.21. The fraction of sp³-hybridized carbons (Fsp3) is 0.172. The molecule has 5 nitrogen and oxygen atoms in total. The number of allylic oxidation sites excluding steroid dienone is 2. The zero-order chi connectivity index (χ0) is 24.3. The predicted octanol–water partition coefficient (Wildman–Crippen LogP) is 5.51. The van der Waals surface area contributed by atoms with Crippen molar-refractivity contribution in [2.45, 2.75) is 20.4 Å². The molecular formula is C29H35N5. The molecule has 0 atom stereocenters. The van der Waals surface area contributed by atoms with Crippen LogP contribution in [0.15, 0.2) is 103 Å². The first-order valence-electron chi connectivity index (χ1n) is 11.6. The molecule has 176 valence electrons. The van der Waals surface area contributed by atoms with E-state index in [9.17, 15) is 0 Å². The maximum atomic E-state index is 6.15. The molecule has 0 radical (unpaired) electrons. The zero-order valence-corrected chi connectivity index (χ0v) is 20.1. The number of nitrogens with zero attached hydrogens (tertiary/aromatic N) is 1. The van der Waals surface area contributed by atoms with Crippen LogP contribution in [0.5, 0.6) is 0 Å². The maximum absolute atomic E-state index is 6.15. The molecule has 3 aromatic rings. The lowest BCUT2D eigenvalue weighted by atomic mass is 10.1. The summed E-state index contributed by atoms with van der Waals surface area (Å²) in [5, 5.41) is 6.63. The van der Waals surface area contributed by atoms with E-state index in [1.165, 1.54) is 11.3 Å². The van der Waals surface area contributed by atoms with E-state index in [0.717, 1.165) is 35.6 Å². The van der Waals surface area contributed by atoms with E-state index >= 15 is 0 Å². The Morgan fingerprint density at radius 3 is 2.21 bits per heavy atom. The minimum Gasteiger partial charge on any atom is -0.398 e. The molecule has 0 aromatic heterocycles. The van der Waals surface area contributed by atoms with Crippen molar-refractivity contribution in [3.8, 4) is 0 Å². The first-order valence-corrected chi connectivity index (χ1v) is 11.6. The van der Waals surface area contributed by atoms with Crippen molar-refractivity contribution in [2.75, 3.05) is 23.3 Å². The second kappa shape index (κ2) is 12.2. The van der Waals surface area contributed by atoms with Gasteiger partial charge in [0.15, 0.2) is 0 Å². The lowest BCUT2D eigenvalue weighted by Gasteiger charge is -2.21. The molecule has 34 heavy (non-hydrogen) atoms. The van der Waals surface area contributed by atoms with Gasteiger partial charge < -0.3 is 27.0 Å². The van der Waals surface area contributed by atoms with Gasteiger partial charge in [-0.2, -0.15) is 0 Å². The summed E-state index contributed by atoms with van der Waals surface area (Å²) in [5.41, 5.74) is 19.1. The van der Waals surface area contributed by atoms with Gasteiger partial charge in [0, 0.05) is 42.4 Å². The summed E-state index contributed by atoms with van der Waals surface area (Å²) in [4.78, 5) is 2.33. The van der Waals surface area contributed by atoms with Crippen molar-refractivity contribution in [1.29, 1.82) is 0 Å². The Morgan fingerprint density at radius 2 is 1.53 bits per heavy atom. The van der Waals surface area contributed by atoms with Gasteiger partial charge in [0.25, 0.3) is 0 Å². The Hall–Kier alpha value is -4.12. The summed E-state index contributed by atoms with van der Waals surface area (Å²) in [7, 11) is 0. The second-order valence-corrected chi connectivity index (χ2v) is 7.99. The molecule has 0 bridgehead atoms. The van der Waals surface area contributed by atoms with E-state index in [-0.39, 0.29) is 0 Å². The normalized spacial score (nSPS) is 11.7. The van der Waals surface area contributed by atoms with Gasteiger partial charge in [-0.25, -0.2) is 0 Å². The topological polar surface area (TPSA) is 79.3 Å². The fourth-order valence-corrected chi connectivity index (χ4v) is 3.62. The van der Waals surface area contributed by atoms with Crippen molar-refractivity contribution in [3.05, 3.63) is 120 Å². The first-order chi connectivity index (χ1) is 16.5. The van der Waals surface area contributed by atoms with Gasteiger partial charge in [0.05, 0.1) is 0 Å². The third-order valence-electron chi connectivity index (χ3n) is 5.62. The molecule has 3 aromatic carbocycles. The average molecular weight is 454 g/mol. The van der Waals surface area contributed by atoms with E-state index in [1.54, 1.807) is 12.2 Å². The summed E-state index contributed by atoms with van der Waals surface area (Å²) < 4.78 is 0. The highest BCUT2D eigenvalue weighted by atomic mass is 15.1. The van der Waals surface area contributed by atoms with Crippen molar-refractivity contribution in [3.63, 3.8) is 0 Å². The minimum absolute atomic E-state index is 0.503. The SMILES string of the molecule is C=C(NCc1ccc(N(CC)CC)cc1)c1cccc(N/C(N)=C/C=C(\N)c2ccccc2)c1. The minimum atomic E-state index is 0.503. The molecule has 0 saturated carbocycles. The number of hydrogen-bond acceptors (Lipinski definition) is 5. The molecule has 0 spiro atoms. The molecule has 0 heterocycles. The monoisotopic (exact) mass is 453 g/mol. The molecule has 0 saturated heterocycles. The van der Waals surface area contributed by atoms with Crippen LogP contribution < -0.4 is 27.0 Å². The van der Waals surface area contributed by atoms with Gasteiger partial charge in [-0.15, -0.1) is 0 Å².